The first-order chi connectivity index (χ1) is 10.1. The molecule has 1 aliphatic rings. The first kappa shape index (κ1) is 13.9. The van der Waals surface area contributed by atoms with E-state index in [4.69, 9.17) is 9.47 Å². The fourth-order valence-corrected chi connectivity index (χ4v) is 2.87. The summed E-state index contributed by atoms with van der Waals surface area (Å²) < 4.78 is 37.4. The van der Waals surface area contributed by atoms with Gasteiger partial charge in [-0.25, -0.2) is 8.42 Å². The Morgan fingerprint density at radius 2 is 1.76 bits per heavy atom. The number of hydrogen-bond acceptors (Lipinski definition) is 4. The van der Waals surface area contributed by atoms with Crippen molar-refractivity contribution in [2.45, 2.75) is 11.0 Å². The maximum absolute atomic E-state index is 12.2. The zero-order valence-electron chi connectivity index (χ0n) is 11.2. The van der Waals surface area contributed by atoms with Crippen LogP contribution in [0, 0.1) is 0 Å². The molecular weight excluding hydrogens is 290 g/mol. The Kier molecular flexibility index (Phi) is 3.81. The highest BCUT2D eigenvalue weighted by atomic mass is 32.2. The van der Waals surface area contributed by atoms with E-state index in [9.17, 15) is 8.42 Å². The SMILES string of the molecule is O=S(=O)(Nc1ccc(OC[C@@H]2CO2)cc1)c1ccccc1. The van der Waals surface area contributed by atoms with Gasteiger partial charge in [0, 0.05) is 5.69 Å². The summed E-state index contributed by atoms with van der Waals surface area (Å²) in [6, 6.07) is 15.0. The van der Waals surface area contributed by atoms with Crippen molar-refractivity contribution in [3.63, 3.8) is 0 Å². The van der Waals surface area contributed by atoms with Gasteiger partial charge in [0.2, 0.25) is 0 Å². The molecule has 110 valence electrons. The third kappa shape index (κ3) is 3.74. The van der Waals surface area contributed by atoms with E-state index in [1.165, 1.54) is 0 Å². The molecule has 1 saturated heterocycles. The molecule has 0 bridgehead atoms. The van der Waals surface area contributed by atoms with Gasteiger partial charge in [-0.2, -0.15) is 0 Å². The van der Waals surface area contributed by atoms with Crippen LogP contribution in [-0.4, -0.2) is 27.7 Å². The van der Waals surface area contributed by atoms with Crippen LogP contribution < -0.4 is 9.46 Å². The Labute approximate surface area is 123 Å². The van der Waals surface area contributed by atoms with Crippen LogP contribution in [0.1, 0.15) is 0 Å². The Morgan fingerprint density at radius 3 is 2.38 bits per heavy atom. The standard InChI is InChI=1S/C15H15NO4S/c17-21(18,15-4-2-1-3-5-15)16-12-6-8-13(9-7-12)19-10-14-11-20-14/h1-9,14,16H,10-11H2/t14-/m1/s1. The maximum atomic E-state index is 12.2. The first-order valence-electron chi connectivity index (χ1n) is 6.56. The van der Waals surface area contributed by atoms with Crippen molar-refractivity contribution in [1.29, 1.82) is 0 Å². The lowest BCUT2D eigenvalue weighted by Gasteiger charge is -2.09. The van der Waals surface area contributed by atoms with E-state index in [2.05, 4.69) is 4.72 Å². The molecule has 1 heterocycles. The number of epoxide rings is 1. The van der Waals surface area contributed by atoms with E-state index >= 15 is 0 Å². The van der Waals surface area contributed by atoms with Crippen LogP contribution in [-0.2, 0) is 14.8 Å². The normalized spacial score (nSPS) is 17.2. The Morgan fingerprint density at radius 1 is 1.10 bits per heavy atom. The molecule has 3 rings (SSSR count). The van der Waals surface area contributed by atoms with Gasteiger partial charge in [0.25, 0.3) is 10.0 Å². The van der Waals surface area contributed by atoms with Crippen LogP contribution in [0.25, 0.3) is 0 Å². The van der Waals surface area contributed by atoms with Crippen molar-refractivity contribution in [1.82, 2.24) is 0 Å². The first-order valence-corrected chi connectivity index (χ1v) is 8.04. The van der Waals surface area contributed by atoms with Crippen LogP contribution in [0.3, 0.4) is 0 Å². The predicted octanol–water partition coefficient (Wildman–Crippen LogP) is 2.27. The predicted molar refractivity (Wildman–Crippen MR) is 78.9 cm³/mol. The molecule has 5 nitrogen and oxygen atoms in total. The molecule has 0 unspecified atom stereocenters. The van der Waals surface area contributed by atoms with E-state index in [0.29, 0.717) is 18.0 Å². The number of nitrogens with one attached hydrogen (secondary N) is 1. The van der Waals surface area contributed by atoms with Crippen molar-refractivity contribution >= 4 is 15.7 Å². The maximum Gasteiger partial charge on any atom is 0.261 e. The summed E-state index contributed by atoms with van der Waals surface area (Å²) >= 11 is 0. The van der Waals surface area contributed by atoms with Gasteiger partial charge in [0.05, 0.1) is 11.5 Å². The number of anilines is 1. The van der Waals surface area contributed by atoms with Crippen LogP contribution in [0.2, 0.25) is 0 Å². The minimum Gasteiger partial charge on any atom is -0.491 e. The molecule has 6 heteroatoms. The molecule has 2 aromatic carbocycles. The van der Waals surface area contributed by atoms with Crippen molar-refractivity contribution < 1.29 is 17.9 Å². The molecule has 0 saturated carbocycles. The van der Waals surface area contributed by atoms with E-state index in [-0.39, 0.29) is 11.0 Å². The highest BCUT2D eigenvalue weighted by molar-refractivity contribution is 7.92. The molecule has 0 aromatic heterocycles. The molecule has 1 aliphatic heterocycles. The van der Waals surface area contributed by atoms with Crippen molar-refractivity contribution in [3.8, 4) is 5.75 Å². The summed E-state index contributed by atoms with van der Waals surface area (Å²) in [4.78, 5) is 0.233. The summed E-state index contributed by atoms with van der Waals surface area (Å²) in [5.41, 5.74) is 0.494. The topological polar surface area (TPSA) is 67.9 Å². The Hall–Kier alpha value is -2.05. The molecule has 0 amide bonds. The highest BCUT2D eigenvalue weighted by Crippen LogP contribution is 2.20. The summed E-state index contributed by atoms with van der Waals surface area (Å²) in [5.74, 6) is 0.688. The highest BCUT2D eigenvalue weighted by Gasteiger charge is 2.23. The van der Waals surface area contributed by atoms with Gasteiger partial charge in [-0.1, -0.05) is 18.2 Å². The van der Waals surface area contributed by atoms with E-state index in [1.54, 1.807) is 54.6 Å². The van der Waals surface area contributed by atoms with Gasteiger partial charge in [-0.15, -0.1) is 0 Å². The fourth-order valence-electron chi connectivity index (χ4n) is 1.79. The molecule has 0 spiro atoms. The average Bonchev–Trinajstić information content (AvgIpc) is 3.31. The minimum atomic E-state index is -3.55. The molecule has 0 aliphatic carbocycles. The second-order valence-corrected chi connectivity index (χ2v) is 6.39. The number of hydrogen-bond donors (Lipinski definition) is 1. The van der Waals surface area contributed by atoms with Crippen molar-refractivity contribution in [3.05, 3.63) is 54.6 Å². The lowest BCUT2D eigenvalue weighted by Crippen LogP contribution is -2.12. The largest absolute Gasteiger partial charge is 0.491 e. The number of benzene rings is 2. The summed E-state index contributed by atoms with van der Waals surface area (Å²) in [7, 11) is -3.55. The third-order valence-corrected chi connectivity index (χ3v) is 4.40. The van der Waals surface area contributed by atoms with Gasteiger partial charge < -0.3 is 9.47 Å². The lowest BCUT2D eigenvalue weighted by molar-refractivity contribution is 0.263. The summed E-state index contributed by atoms with van der Waals surface area (Å²) in [6.07, 6.45) is 0.196. The fraction of sp³-hybridized carbons (Fsp3) is 0.200. The minimum absolute atomic E-state index is 0.196. The van der Waals surface area contributed by atoms with E-state index < -0.39 is 10.0 Å². The molecule has 0 radical (unpaired) electrons. The lowest BCUT2D eigenvalue weighted by atomic mass is 10.3. The van der Waals surface area contributed by atoms with Crippen molar-refractivity contribution in [2.75, 3.05) is 17.9 Å². The number of ether oxygens (including phenoxy) is 2. The van der Waals surface area contributed by atoms with Gasteiger partial charge in [-0.05, 0) is 36.4 Å². The smallest absolute Gasteiger partial charge is 0.261 e. The molecule has 1 N–H and O–H groups in total. The molecule has 2 aromatic rings. The van der Waals surface area contributed by atoms with E-state index in [1.807, 2.05) is 0 Å². The van der Waals surface area contributed by atoms with Crippen molar-refractivity contribution in [2.24, 2.45) is 0 Å². The summed E-state index contributed by atoms with van der Waals surface area (Å²) in [6.45, 7) is 1.27. The molecular formula is C15H15NO4S. The zero-order valence-corrected chi connectivity index (χ0v) is 12.0. The Bertz CT molecular complexity index is 694. The van der Waals surface area contributed by atoms with Gasteiger partial charge in [-0.3, -0.25) is 4.72 Å². The number of sulfonamides is 1. The quantitative estimate of drug-likeness (QED) is 0.831. The second-order valence-electron chi connectivity index (χ2n) is 4.71. The second kappa shape index (κ2) is 5.75. The monoisotopic (exact) mass is 305 g/mol. The average molecular weight is 305 g/mol. The van der Waals surface area contributed by atoms with E-state index in [0.717, 1.165) is 6.61 Å². The summed E-state index contributed by atoms with van der Waals surface area (Å²) in [5, 5.41) is 0. The molecule has 21 heavy (non-hydrogen) atoms. The van der Waals surface area contributed by atoms with Gasteiger partial charge in [0.1, 0.15) is 18.5 Å². The van der Waals surface area contributed by atoms with Crippen LogP contribution in [0.15, 0.2) is 59.5 Å². The third-order valence-electron chi connectivity index (χ3n) is 3.00. The van der Waals surface area contributed by atoms with Crippen LogP contribution in [0.4, 0.5) is 5.69 Å². The molecule has 1 fully saturated rings. The number of rotatable bonds is 6. The van der Waals surface area contributed by atoms with Crippen LogP contribution in [0.5, 0.6) is 5.75 Å². The van der Waals surface area contributed by atoms with Gasteiger partial charge in [0.15, 0.2) is 0 Å². The van der Waals surface area contributed by atoms with Gasteiger partial charge >= 0.3 is 0 Å². The zero-order chi connectivity index (χ0) is 14.7. The molecule has 1 atom stereocenters. The Balaban J connectivity index is 1.66. The van der Waals surface area contributed by atoms with Crippen LogP contribution >= 0.6 is 0 Å².